The lowest BCUT2D eigenvalue weighted by molar-refractivity contribution is -0.147. The van der Waals surface area contributed by atoms with Crippen molar-refractivity contribution in [2.24, 2.45) is 0 Å². The van der Waals surface area contributed by atoms with Gasteiger partial charge < -0.3 is 15.7 Å². The zero-order valence-electron chi connectivity index (χ0n) is 12.4. The number of amides is 2. The van der Waals surface area contributed by atoms with Crippen molar-refractivity contribution in [3.63, 3.8) is 0 Å². The van der Waals surface area contributed by atoms with Crippen LogP contribution in [0.25, 0.3) is 0 Å². The number of carbonyl (C=O) groups is 3. The predicted octanol–water partition coefficient (Wildman–Crippen LogP) is 1.55. The topological polar surface area (TPSA) is 95.5 Å². The number of carboxylic acid groups (broad SMARTS) is 1. The summed E-state index contributed by atoms with van der Waals surface area (Å²) in [6.45, 7) is 5.04. The molecule has 1 aromatic heterocycles. The Kier molecular flexibility index (Phi) is 5.90. The third-order valence-corrected chi connectivity index (χ3v) is 4.37. The molecule has 0 saturated carbocycles. The third-order valence-electron chi connectivity index (χ3n) is 3.37. The highest BCUT2D eigenvalue weighted by atomic mass is 32.1. The second-order valence-corrected chi connectivity index (χ2v) is 6.02. The SMILES string of the molecule is CCC(CC)(NC(=O)CNC(=O)c1ccc(C)s1)C(=O)O. The summed E-state index contributed by atoms with van der Waals surface area (Å²) >= 11 is 1.34. The van der Waals surface area contributed by atoms with E-state index in [2.05, 4.69) is 10.6 Å². The largest absolute Gasteiger partial charge is 0.480 e. The van der Waals surface area contributed by atoms with Gasteiger partial charge in [-0.3, -0.25) is 9.59 Å². The average Bonchev–Trinajstić information content (AvgIpc) is 2.88. The van der Waals surface area contributed by atoms with Gasteiger partial charge in [-0.25, -0.2) is 4.79 Å². The van der Waals surface area contributed by atoms with Gasteiger partial charge in [0.05, 0.1) is 11.4 Å². The maximum Gasteiger partial charge on any atom is 0.329 e. The minimum atomic E-state index is -1.28. The van der Waals surface area contributed by atoms with Crippen LogP contribution in [-0.2, 0) is 9.59 Å². The molecule has 6 nitrogen and oxygen atoms in total. The van der Waals surface area contributed by atoms with Crippen molar-refractivity contribution < 1.29 is 19.5 Å². The van der Waals surface area contributed by atoms with E-state index in [9.17, 15) is 19.5 Å². The fourth-order valence-electron chi connectivity index (χ4n) is 1.90. The summed E-state index contributed by atoms with van der Waals surface area (Å²) in [6.07, 6.45) is 0.561. The lowest BCUT2D eigenvalue weighted by Gasteiger charge is -2.28. The fourth-order valence-corrected chi connectivity index (χ4v) is 2.68. The van der Waals surface area contributed by atoms with Crippen LogP contribution in [0.2, 0.25) is 0 Å². The highest BCUT2D eigenvalue weighted by Gasteiger charge is 2.36. The summed E-state index contributed by atoms with van der Waals surface area (Å²) < 4.78 is 0. The molecule has 0 radical (unpaired) electrons. The molecule has 0 spiro atoms. The van der Waals surface area contributed by atoms with Crippen LogP contribution < -0.4 is 10.6 Å². The maximum atomic E-state index is 11.8. The van der Waals surface area contributed by atoms with E-state index in [0.717, 1.165) is 4.88 Å². The summed E-state index contributed by atoms with van der Waals surface area (Å²) in [4.78, 5) is 36.5. The van der Waals surface area contributed by atoms with E-state index in [0.29, 0.717) is 4.88 Å². The summed E-state index contributed by atoms with van der Waals surface area (Å²) in [5, 5.41) is 14.2. The standard InChI is InChI=1S/C14H20N2O4S/c1-4-14(5-2,13(19)20)16-11(17)8-15-12(18)10-7-6-9(3)21-10/h6-7H,4-5,8H2,1-3H3,(H,15,18)(H,16,17)(H,19,20). The molecular weight excluding hydrogens is 292 g/mol. The average molecular weight is 312 g/mol. The first kappa shape index (κ1) is 17.2. The van der Waals surface area contributed by atoms with Crippen molar-refractivity contribution >= 4 is 29.1 Å². The van der Waals surface area contributed by atoms with Crippen molar-refractivity contribution in [1.82, 2.24) is 10.6 Å². The molecule has 2 amide bonds. The van der Waals surface area contributed by atoms with Gasteiger partial charge in [-0.2, -0.15) is 0 Å². The minimum Gasteiger partial charge on any atom is -0.480 e. The minimum absolute atomic E-state index is 0.245. The van der Waals surface area contributed by atoms with E-state index in [1.54, 1.807) is 19.9 Å². The molecule has 3 N–H and O–H groups in total. The summed E-state index contributed by atoms with van der Waals surface area (Å²) in [7, 11) is 0. The number of carboxylic acids is 1. The number of thiophene rings is 1. The van der Waals surface area contributed by atoms with Crippen molar-refractivity contribution in [2.45, 2.75) is 39.2 Å². The molecule has 1 aromatic rings. The van der Waals surface area contributed by atoms with Crippen LogP contribution in [0.1, 0.15) is 41.2 Å². The van der Waals surface area contributed by atoms with Gasteiger partial charge in [-0.15, -0.1) is 11.3 Å². The van der Waals surface area contributed by atoms with Crippen molar-refractivity contribution in [2.75, 3.05) is 6.54 Å². The van der Waals surface area contributed by atoms with Crippen LogP contribution in [0.15, 0.2) is 12.1 Å². The van der Waals surface area contributed by atoms with E-state index in [1.165, 1.54) is 11.3 Å². The zero-order chi connectivity index (χ0) is 16.0. The number of nitrogens with one attached hydrogen (secondary N) is 2. The van der Waals surface area contributed by atoms with E-state index in [1.807, 2.05) is 13.0 Å². The highest BCUT2D eigenvalue weighted by molar-refractivity contribution is 7.13. The molecule has 0 aliphatic heterocycles. The van der Waals surface area contributed by atoms with Crippen LogP contribution in [0.3, 0.4) is 0 Å². The normalized spacial score (nSPS) is 11.0. The first-order chi connectivity index (χ1) is 9.84. The molecule has 0 atom stereocenters. The Balaban J connectivity index is 2.57. The second kappa shape index (κ2) is 7.21. The van der Waals surface area contributed by atoms with E-state index >= 15 is 0 Å². The number of aryl methyl sites for hydroxylation is 1. The molecule has 116 valence electrons. The smallest absolute Gasteiger partial charge is 0.329 e. The Labute approximate surface area is 127 Å². The van der Waals surface area contributed by atoms with Crippen molar-refractivity contribution in [3.8, 4) is 0 Å². The van der Waals surface area contributed by atoms with Crippen LogP contribution in [0.4, 0.5) is 0 Å². The van der Waals surface area contributed by atoms with Gasteiger partial charge in [0.15, 0.2) is 0 Å². The lowest BCUT2D eigenvalue weighted by Crippen LogP contribution is -2.55. The molecule has 0 fully saturated rings. The van der Waals surface area contributed by atoms with Crippen molar-refractivity contribution in [1.29, 1.82) is 0 Å². The van der Waals surface area contributed by atoms with E-state index in [4.69, 9.17) is 0 Å². The molecular formula is C14H20N2O4S. The lowest BCUT2D eigenvalue weighted by atomic mass is 9.93. The predicted molar refractivity (Wildman–Crippen MR) is 80.5 cm³/mol. The Morgan fingerprint density at radius 2 is 1.86 bits per heavy atom. The van der Waals surface area contributed by atoms with E-state index in [-0.39, 0.29) is 25.3 Å². The molecule has 0 aliphatic carbocycles. The molecule has 0 saturated heterocycles. The Bertz CT molecular complexity index is 535. The Morgan fingerprint density at radius 1 is 1.24 bits per heavy atom. The fraction of sp³-hybridized carbons (Fsp3) is 0.500. The summed E-state index contributed by atoms with van der Waals surface area (Å²) in [6, 6.07) is 3.51. The monoisotopic (exact) mass is 312 g/mol. The second-order valence-electron chi connectivity index (χ2n) is 4.74. The molecule has 0 aliphatic rings. The molecule has 7 heteroatoms. The van der Waals surface area contributed by atoms with Gasteiger partial charge in [0.1, 0.15) is 5.54 Å². The van der Waals surface area contributed by atoms with Crippen LogP contribution in [0, 0.1) is 6.92 Å². The van der Waals surface area contributed by atoms with E-state index < -0.39 is 17.4 Å². The Hall–Kier alpha value is -1.89. The number of rotatable bonds is 7. The van der Waals surface area contributed by atoms with Crippen LogP contribution in [0.5, 0.6) is 0 Å². The molecule has 1 rings (SSSR count). The van der Waals surface area contributed by atoms with Gasteiger partial charge in [0, 0.05) is 4.88 Å². The number of hydrogen-bond acceptors (Lipinski definition) is 4. The Morgan fingerprint density at radius 3 is 2.29 bits per heavy atom. The third kappa shape index (κ3) is 4.29. The van der Waals surface area contributed by atoms with Crippen LogP contribution in [-0.4, -0.2) is 35.0 Å². The maximum absolute atomic E-state index is 11.8. The quantitative estimate of drug-likeness (QED) is 0.712. The summed E-state index contributed by atoms with van der Waals surface area (Å²) in [5.74, 6) is -1.92. The zero-order valence-corrected chi connectivity index (χ0v) is 13.2. The van der Waals surface area contributed by atoms with Crippen molar-refractivity contribution in [3.05, 3.63) is 21.9 Å². The number of carbonyl (C=O) groups excluding carboxylic acids is 2. The molecule has 0 unspecified atom stereocenters. The molecule has 0 aromatic carbocycles. The number of hydrogen-bond donors (Lipinski definition) is 3. The molecule has 1 heterocycles. The van der Waals surface area contributed by atoms with Crippen LogP contribution >= 0.6 is 11.3 Å². The summed E-state index contributed by atoms with van der Waals surface area (Å²) in [5.41, 5.74) is -1.28. The van der Waals surface area contributed by atoms with Gasteiger partial charge >= 0.3 is 5.97 Å². The first-order valence-corrected chi connectivity index (χ1v) is 7.55. The van der Waals surface area contributed by atoms with Gasteiger partial charge in [-0.05, 0) is 31.9 Å². The molecule has 0 bridgehead atoms. The van der Waals surface area contributed by atoms with Gasteiger partial charge in [0.2, 0.25) is 5.91 Å². The van der Waals surface area contributed by atoms with Gasteiger partial charge in [-0.1, -0.05) is 13.8 Å². The highest BCUT2D eigenvalue weighted by Crippen LogP contribution is 2.16. The first-order valence-electron chi connectivity index (χ1n) is 6.73. The van der Waals surface area contributed by atoms with Gasteiger partial charge in [0.25, 0.3) is 5.91 Å². The molecule has 21 heavy (non-hydrogen) atoms. The number of aliphatic carboxylic acids is 1.